The van der Waals surface area contributed by atoms with Crippen LogP contribution in [0.25, 0.3) is 0 Å². The molecule has 23 heavy (non-hydrogen) atoms. The minimum Gasteiger partial charge on any atom is -0.382 e. The first kappa shape index (κ1) is 18.7. The molecule has 1 saturated heterocycles. The largest absolute Gasteiger partial charge is 0.382 e. The van der Waals surface area contributed by atoms with Crippen LogP contribution in [-0.2, 0) is 6.54 Å². The maximum atomic E-state index is 10.3. The summed E-state index contributed by atoms with van der Waals surface area (Å²) in [5.74, 6) is 0. The van der Waals surface area contributed by atoms with Gasteiger partial charge in [-0.25, -0.2) is 0 Å². The summed E-state index contributed by atoms with van der Waals surface area (Å²) in [6.45, 7) is 14.1. The van der Waals surface area contributed by atoms with Gasteiger partial charge in [-0.15, -0.1) is 0 Å². The van der Waals surface area contributed by atoms with Gasteiger partial charge in [0.1, 0.15) is 45.8 Å². The molecule has 0 aliphatic carbocycles. The summed E-state index contributed by atoms with van der Waals surface area (Å²) in [5, 5.41) is 11.1. The number of hydrogen-bond donors (Lipinski definition) is 4. The molecular formula is C18H33ClN3O+3. The van der Waals surface area contributed by atoms with E-state index >= 15 is 0 Å². The average molecular weight is 343 g/mol. The highest BCUT2D eigenvalue weighted by atomic mass is 35.5. The van der Waals surface area contributed by atoms with Crippen molar-refractivity contribution in [1.29, 1.82) is 0 Å². The zero-order valence-electron chi connectivity index (χ0n) is 14.6. The van der Waals surface area contributed by atoms with Crippen LogP contribution >= 0.6 is 11.6 Å². The topological polar surface area (TPSA) is 33.6 Å². The van der Waals surface area contributed by atoms with Crippen LogP contribution in [0, 0.1) is 0 Å². The summed E-state index contributed by atoms with van der Waals surface area (Å²) in [4.78, 5) is 4.69. The van der Waals surface area contributed by atoms with Crippen molar-refractivity contribution >= 4 is 11.6 Å². The lowest BCUT2D eigenvalue weighted by molar-refractivity contribution is -1.02. The van der Waals surface area contributed by atoms with Crippen molar-refractivity contribution in [2.24, 2.45) is 0 Å². The predicted molar refractivity (Wildman–Crippen MR) is 94.3 cm³/mol. The van der Waals surface area contributed by atoms with Crippen LogP contribution in [0.5, 0.6) is 0 Å². The van der Waals surface area contributed by atoms with E-state index in [1.165, 1.54) is 23.6 Å². The minimum absolute atomic E-state index is 0.169. The molecule has 0 bridgehead atoms. The highest BCUT2D eigenvalue weighted by molar-refractivity contribution is 6.30. The number of piperazine rings is 1. The molecule has 0 radical (unpaired) electrons. The summed E-state index contributed by atoms with van der Waals surface area (Å²) in [7, 11) is 0. The second kappa shape index (κ2) is 9.60. The van der Waals surface area contributed by atoms with Crippen molar-refractivity contribution < 1.29 is 19.8 Å². The number of nitrogens with one attached hydrogen (secondary N) is 3. The number of rotatable bonds is 8. The van der Waals surface area contributed by atoms with Crippen LogP contribution in [0.1, 0.15) is 19.4 Å². The number of likely N-dealkylation sites (N-methyl/N-ethyl adjacent to an activating group) is 1. The smallest absolute Gasteiger partial charge is 0.152 e. The minimum atomic E-state index is -0.169. The lowest BCUT2D eigenvalue weighted by atomic mass is 10.2. The molecule has 1 atom stereocenters. The van der Waals surface area contributed by atoms with Crippen molar-refractivity contribution in [2.75, 3.05) is 52.4 Å². The molecule has 0 aromatic heterocycles. The molecule has 4 N–H and O–H groups in total. The molecule has 4 nitrogen and oxygen atoms in total. The predicted octanol–water partition coefficient (Wildman–Crippen LogP) is -2.09. The van der Waals surface area contributed by atoms with Gasteiger partial charge in [-0.1, -0.05) is 23.7 Å². The van der Waals surface area contributed by atoms with Gasteiger partial charge in [-0.3, -0.25) is 0 Å². The zero-order valence-corrected chi connectivity index (χ0v) is 15.3. The van der Waals surface area contributed by atoms with E-state index < -0.39 is 0 Å². The van der Waals surface area contributed by atoms with Crippen LogP contribution in [-0.4, -0.2) is 63.6 Å². The van der Waals surface area contributed by atoms with Crippen LogP contribution in [0.3, 0.4) is 0 Å². The fraction of sp³-hybridized carbons (Fsp3) is 0.667. The molecule has 130 valence electrons. The Labute approximate surface area is 145 Å². The SMILES string of the molecule is CC[NH+](CC)C[C@H](O)C[NH+]1CC[NH+](Cc2ccc(Cl)cc2)CC1. The number of hydrogen-bond acceptors (Lipinski definition) is 1. The second-order valence-electron chi connectivity index (χ2n) is 6.82. The van der Waals surface area contributed by atoms with Gasteiger partial charge in [0.05, 0.1) is 13.1 Å². The quantitative estimate of drug-likeness (QED) is 0.429. The van der Waals surface area contributed by atoms with E-state index in [0.717, 1.165) is 50.8 Å². The summed E-state index contributed by atoms with van der Waals surface area (Å²) >= 11 is 5.94. The maximum absolute atomic E-state index is 10.3. The van der Waals surface area contributed by atoms with Gasteiger partial charge < -0.3 is 19.8 Å². The summed E-state index contributed by atoms with van der Waals surface area (Å²) in [5.41, 5.74) is 1.36. The highest BCUT2D eigenvalue weighted by Gasteiger charge is 2.26. The van der Waals surface area contributed by atoms with E-state index in [1.807, 2.05) is 12.1 Å². The Hall–Kier alpha value is -0.650. The van der Waals surface area contributed by atoms with Gasteiger partial charge in [0.2, 0.25) is 0 Å². The Morgan fingerprint density at radius 2 is 1.61 bits per heavy atom. The number of halogens is 1. The van der Waals surface area contributed by atoms with Crippen molar-refractivity contribution in [2.45, 2.75) is 26.5 Å². The van der Waals surface area contributed by atoms with Crippen molar-refractivity contribution in [3.63, 3.8) is 0 Å². The van der Waals surface area contributed by atoms with E-state index in [0.29, 0.717) is 0 Å². The Balaban J connectivity index is 1.70. The van der Waals surface area contributed by atoms with Gasteiger partial charge in [-0.05, 0) is 26.0 Å². The molecule has 1 aliphatic rings. The molecule has 1 aliphatic heterocycles. The average Bonchev–Trinajstić information content (AvgIpc) is 2.56. The fourth-order valence-corrected chi connectivity index (χ4v) is 3.63. The molecule has 1 aromatic rings. The number of aliphatic hydroxyl groups excluding tert-OH is 1. The van der Waals surface area contributed by atoms with E-state index in [1.54, 1.807) is 9.80 Å². The number of benzene rings is 1. The zero-order chi connectivity index (χ0) is 16.7. The van der Waals surface area contributed by atoms with Gasteiger partial charge in [0, 0.05) is 10.6 Å². The molecular weight excluding hydrogens is 310 g/mol. The van der Waals surface area contributed by atoms with Gasteiger partial charge in [0.25, 0.3) is 0 Å². The first-order valence-corrected chi connectivity index (χ1v) is 9.41. The monoisotopic (exact) mass is 342 g/mol. The molecule has 0 unspecified atom stereocenters. The Morgan fingerprint density at radius 3 is 2.17 bits per heavy atom. The van der Waals surface area contributed by atoms with Crippen LogP contribution < -0.4 is 14.7 Å². The maximum Gasteiger partial charge on any atom is 0.152 e. The highest BCUT2D eigenvalue weighted by Crippen LogP contribution is 2.08. The van der Waals surface area contributed by atoms with E-state index in [9.17, 15) is 5.11 Å². The van der Waals surface area contributed by atoms with Gasteiger partial charge in [0.15, 0.2) is 6.10 Å². The molecule has 2 rings (SSSR count). The first-order valence-electron chi connectivity index (χ1n) is 9.03. The Morgan fingerprint density at radius 1 is 1.04 bits per heavy atom. The molecule has 0 saturated carbocycles. The second-order valence-corrected chi connectivity index (χ2v) is 7.26. The normalized spacial score (nSPS) is 23.2. The lowest BCUT2D eigenvalue weighted by Crippen LogP contribution is -3.28. The molecule has 0 spiro atoms. The standard InChI is InChI=1S/C18H30ClN3O/c1-3-20(4-2)14-18(23)15-22-11-9-21(10-12-22)13-16-5-7-17(19)8-6-16/h5-8,18,23H,3-4,9-15H2,1-2H3/p+3/t18-/m0/s1. The van der Waals surface area contributed by atoms with Crippen molar-refractivity contribution in [3.8, 4) is 0 Å². The summed E-state index contributed by atoms with van der Waals surface area (Å²) in [6.07, 6.45) is -0.169. The first-order chi connectivity index (χ1) is 11.1. The molecule has 1 aromatic carbocycles. The lowest BCUT2D eigenvalue weighted by Gasteiger charge is -2.31. The third kappa shape index (κ3) is 6.40. The Bertz CT molecular complexity index is 442. The van der Waals surface area contributed by atoms with E-state index in [2.05, 4.69) is 26.0 Å². The number of quaternary nitrogens is 3. The molecule has 1 heterocycles. The van der Waals surface area contributed by atoms with Crippen molar-refractivity contribution in [3.05, 3.63) is 34.9 Å². The molecule has 5 heteroatoms. The van der Waals surface area contributed by atoms with Crippen LogP contribution in [0.4, 0.5) is 0 Å². The van der Waals surface area contributed by atoms with Gasteiger partial charge >= 0.3 is 0 Å². The third-order valence-electron chi connectivity index (χ3n) is 5.08. The van der Waals surface area contributed by atoms with Crippen LogP contribution in [0.15, 0.2) is 24.3 Å². The molecule has 0 amide bonds. The van der Waals surface area contributed by atoms with E-state index in [-0.39, 0.29) is 6.10 Å². The van der Waals surface area contributed by atoms with Crippen molar-refractivity contribution in [1.82, 2.24) is 0 Å². The summed E-state index contributed by atoms with van der Waals surface area (Å²) < 4.78 is 0. The van der Waals surface area contributed by atoms with E-state index in [4.69, 9.17) is 11.6 Å². The Kier molecular flexibility index (Phi) is 7.80. The third-order valence-corrected chi connectivity index (χ3v) is 5.33. The fourth-order valence-electron chi connectivity index (χ4n) is 3.51. The molecule has 1 fully saturated rings. The van der Waals surface area contributed by atoms with Gasteiger partial charge in [-0.2, -0.15) is 0 Å². The summed E-state index contributed by atoms with van der Waals surface area (Å²) in [6, 6.07) is 8.21. The van der Waals surface area contributed by atoms with Crippen LogP contribution in [0.2, 0.25) is 5.02 Å². The number of aliphatic hydroxyl groups is 1.